The van der Waals surface area contributed by atoms with E-state index < -0.39 is 0 Å². The van der Waals surface area contributed by atoms with E-state index >= 15 is 0 Å². The van der Waals surface area contributed by atoms with Gasteiger partial charge >= 0.3 is 0 Å². The second kappa shape index (κ2) is 9.57. The van der Waals surface area contributed by atoms with Gasteiger partial charge in [-0.25, -0.2) is 4.39 Å². The maximum atomic E-state index is 13.9. The van der Waals surface area contributed by atoms with E-state index in [9.17, 15) is 14.0 Å². The minimum Gasteiger partial charge on any atom is -0.494 e. The van der Waals surface area contributed by atoms with Gasteiger partial charge < -0.3 is 14.5 Å². The Morgan fingerprint density at radius 2 is 1.90 bits per heavy atom. The van der Waals surface area contributed by atoms with Crippen molar-refractivity contribution in [3.05, 3.63) is 29.6 Å². The zero-order chi connectivity index (χ0) is 21.0. The van der Waals surface area contributed by atoms with E-state index in [0.29, 0.717) is 32.6 Å². The lowest BCUT2D eigenvalue weighted by Crippen LogP contribution is -2.50. The summed E-state index contributed by atoms with van der Waals surface area (Å²) in [5.74, 6) is -0.117. The van der Waals surface area contributed by atoms with E-state index in [4.69, 9.17) is 4.74 Å². The Balaban J connectivity index is 1.51. The van der Waals surface area contributed by atoms with Gasteiger partial charge in [0.2, 0.25) is 11.8 Å². The molecule has 2 amide bonds. The molecule has 1 atom stereocenters. The lowest BCUT2D eigenvalue weighted by molar-refractivity contribution is -0.137. The number of carbonyl (C=O) groups is 2. The molecule has 6 nitrogen and oxygen atoms in total. The van der Waals surface area contributed by atoms with Crippen LogP contribution in [0.2, 0.25) is 0 Å². The molecule has 0 spiro atoms. The predicted octanol–water partition coefficient (Wildman–Crippen LogP) is 2.52. The third kappa shape index (κ3) is 4.89. The number of rotatable bonds is 7. The van der Waals surface area contributed by atoms with Crippen LogP contribution in [-0.4, -0.2) is 72.4 Å². The summed E-state index contributed by atoms with van der Waals surface area (Å²) >= 11 is 0. The van der Waals surface area contributed by atoms with Gasteiger partial charge in [-0.2, -0.15) is 0 Å². The molecule has 1 aromatic rings. The molecule has 2 saturated heterocycles. The third-order valence-corrected chi connectivity index (χ3v) is 6.20. The average molecular weight is 406 g/mol. The normalized spacial score (nSPS) is 20.6. The Labute approximate surface area is 172 Å². The van der Waals surface area contributed by atoms with Crippen LogP contribution in [0.15, 0.2) is 18.2 Å². The zero-order valence-electron chi connectivity index (χ0n) is 17.7. The molecule has 0 saturated carbocycles. The predicted molar refractivity (Wildman–Crippen MR) is 109 cm³/mol. The van der Waals surface area contributed by atoms with Crippen molar-refractivity contribution in [2.45, 2.75) is 45.7 Å². The highest BCUT2D eigenvalue weighted by Gasteiger charge is 2.39. The van der Waals surface area contributed by atoms with Crippen LogP contribution >= 0.6 is 0 Å². The zero-order valence-corrected chi connectivity index (χ0v) is 17.7. The molecule has 0 N–H and O–H groups in total. The van der Waals surface area contributed by atoms with Crippen molar-refractivity contribution < 1.29 is 18.7 Å². The van der Waals surface area contributed by atoms with E-state index in [2.05, 4.69) is 18.7 Å². The summed E-state index contributed by atoms with van der Waals surface area (Å²) in [5, 5.41) is 0. The van der Waals surface area contributed by atoms with Gasteiger partial charge in [-0.1, -0.05) is 19.9 Å². The number of hydrogen-bond donors (Lipinski definition) is 0. The summed E-state index contributed by atoms with van der Waals surface area (Å²) in [5.41, 5.74) is 0.894. The van der Waals surface area contributed by atoms with E-state index in [0.717, 1.165) is 31.5 Å². The Hall–Kier alpha value is -2.15. The first-order valence-corrected chi connectivity index (χ1v) is 10.6. The van der Waals surface area contributed by atoms with Gasteiger partial charge in [-0.3, -0.25) is 14.5 Å². The molecule has 2 fully saturated rings. The molecule has 160 valence electrons. The van der Waals surface area contributed by atoms with Crippen LogP contribution in [0.4, 0.5) is 4.39 Å². The molecule has 0 bridgehead atoms. The van der Waals surface area contributed by atoms with Gasteiger partial charge in [-0.05, 0) is 30.5 Å². The first-order valence-electron chi connectivity index (χ1n) is 10.6. The number of hydrogen-bond acceptors (Lipinski definition) is 4. The topological polar surface area (TPSA) is 53.1 Å². The highest BCUT2D eigenvalue weighted by atomic mass is 19.1. The Kier molecular flexibility index (Phi) is 7.11. The van der Waals surface area contributed by atoms with Gasteiger partial charge in [0, 0.05) is 51.7 Å². The van der Waals surface area contributed by atoms with Crippen LogP contribution in [0.25, 0.3) is 0 Å². The number of likely N-dealkylation sites (tertiary alicyclic amines) is 1. The molecule has 2 heterocycles. The fraction of sp³-hybridized carbons (Fsp3) is 0.636. The SMILES string of the molecule is CCC(CC)N1CC(C(=O)N2CCN(Cc3ccc(OC)c(F)c3)CC2)CC1=O. The molecule has 0 aromatic heterocycles. The number of amides is 2. The van der Waals surface area contributed by atoms with Crippen molar-refractivity contribution in [3.63, 3.8) is 0 Å². The maximum absolute atomic E-state index is 13.9. The number of benzene rings is 1. The molecular formula is C22H32FN3O3. The molecule has 2 aliphatic rings. The summed E-state index contributed by atoms with van der Waals surface area (Å²) in [7, 11) is 1.45. The van der Waals surface area contributed by atoms with Crippen LogP contribution in [0.3, 0.4) is 0 Å². The number of ether oxygens (including phenoxy) is 1. The van der Waals surface area contributed by atoms with Crippen LogP contribution in [-0.2, 0) is 16.1 Å². The molecule has 1 aromatic carbocycles. The molecule has 29 heavy (non-hydrogen) atoms. The van der Waals surface area contributed by atoms with Crippen molar-refractivity contribution in [2.75, 3.05) is 39.8 Å². The molecule has 1 unspecified atom stereocenters. The van der Waals surface area contributed by atoms with E-state index in [1.54, 1.807) is 6.07 Å². The van der Waals surface area contributed by atoms with Crippen molar-refractivity contribution >= 4 is 11.8 Å². The molecule has 3 rings (SSSR count). The summed E-state index contributed by atoms with van der Waals surface area (Å²) in [6.07, 6.45) is 2.18. The van der Waals surface area contributed by atoms with E-state index in [1.165, 1.54) is 13.2 Å². The average Bonchev–Trinajstić information content (AvgIpc) is 3.11. The van der Waals surface area contributed by atoms with Crippen molar-refractivity contribution in [2.24, 2.45) is 5.92 Å². The number of carbonyl (C=O) groups excluding carboxylic acids is 2. The second-order valence-electron chi connectivity index (χ2n) is 7.99. The Morgan fingerprint density at radius 3 is 2.48 bits per heavy atom. The Morgan fingerprint density at radius 1 is 1.21 bits per heavy atom. The standard InChI is InChI=1S/C22H32FN3O3/c1-4-18(5-2)26-15-17(13-21(26)27)22(28)25-10-8-24(9-11-25)14-16-6-7-20(29-3)19(23)12-16/h6-7,12,17-18H,4-5,8-11,13-15H2,1-3H3. The first-order chi connectivity index (χ1) is 14.0. The smallest absolute Gasteiger partial charge is 0.228 e. The van der Waals surface area contributed by atoms with Gasteiger partial charge in [0.15, 0.2) is 11.6 Å². The van der Waals surface area contributed by atoms with Crippen LogP contribution in [0.1, 0.15) is 38.7 Å². The fourth-order valence-electron chi connectivity index (χ4n) is 4.43. The number of halogens is 1. The minimum atomic E-state index is -0.355. The van der Waals surface area contributed by atoms with E-state index in [1.807, 2.05) is 15.9 Å². The van der Waals surface area contributed by atoms with Crippen molar-refractivity contribution in [3.8, 4) is 5.75 Å². The first kappa shape index (κ1) is 21.6. The summed E-state index contributed by atoms with van der Waals surface area (Å²) in [4.78, 5) is 31.3. The van der Waals surface area contributed by atoms with Gasteiger partial charge in [0.25, 0.3) is 0 Å². The minimum absolute atomic E-state index is 0.0990. The molecule has 2 aliphatic heterocycles. The lowest BCUT2D eigenvalue weighted by Gasteiger charge is -2.36. The lowest BCUT2D eigenvalue weighted by atomic mass is 10.1. The van der Waals surface area contributed by atoms with Gasteiger partial charge in [-0.15, -0.1) is 0 Å². The maximum Gasteiger partial charge on any atom is 0.228 e. The summed E-state index contributed by atoms with van der Waals surface area (Å²) < 4.78 is 18.9. The van der Waals surface area contributed by atoms with Crippen LogP contribution in [0, 0.1) is 11.7 Å². The van der Waals surface area contributed by atoms with Crippen LogP contribution in [0.5, 0.6) is 5.75 Å². The molecule has 0 radical (unpaired) electrons. The van der Waals surface area contributed by atoms with E-state index in [-0.39, 0.29) is 35.3 Å². The highest BCUT2D eigenvalue weighted by Crippen LogP contribution is 2.25. The monoisotopic (exact) mass is 405 g/mol. The number of methoxy groups -OCH3 is 1. The highest BCUT2D eigenvalue weighted by molar-refractivity contribution is 5.89. The van der Waals surface area contributed by atoms with Crippen molar-refractivity contribution in [1.82, 2.24) is 14.7 Å². The second-order valence-corrected chi connectivity index (χ2v) is 7.99. The summed E-state index contributed by atoms with van der Waals surface area (Å²) in [6, 6.07) is 5.26. The molecule has 7 heteroatoms. The van der Waals surface area contributed by atoms with Crippen molar-refractivity contribution in [1.29, 1.82) is 0 Å². The number of nitrogens with zero attached hydrogens (tertiary/aromatic N) is 3. The quantitative estimate of drug-likeness (QED) is 0.700. The molecular weight excluding hydrogens is 373 g/mol. The Bertz CT molecular complexity index is 730. The largest absolute Gasteiger partial charge is 0.494 e. The third-order valence-electron chi connectivity index (χ3n) is 6.20. The number of piperazine rings is 1. The molecule has 0 aliphatic carbocycles. The van der Waals surface area contributed by atoms with Crippen LogP contribution < -0.4 is 4.74 Å². The fourth-order valence-corrected chi connectivity index (χ4v) is 4.43. The van der Waals surface area contributed by atoms with Gasteiger partial charge in [0.1, 0.15) is 0 Å². The summed E-state index contributed by atoms with van der Waals surface area (Å²) in [6.45, 7) is 8.16. The van der Waals surface area contributed by atoms with Gasteiger partial charge in [0.05, 0.1) is 13.0 Å².